The number of sulfonamides is 1. The van der Waals surface area contributed by atoms with Gasteiger partial charge >= 0.3 is 0 Å². The van der Waals surface area contributed by atoms with Crippen molar-refractivity contribution in [3.63, 3.8) is 0 Å². The Balaban J connectivity index is 1.78. The summed E-state index contributed by atoms with van der Waals surface area (Å²) in [7, 11) is -4.13. The molecule has 4 aromatic carbocycles. The van der Waals surface area contributed by atoms with Crippen LogP contribution in [0.1, 0.15) is 36.5 Å². The van der Waals surface area contributed by atoms with Crippen LogP contribution >= 0.6 is 11.6 Å². The molecule has 0 fully saturated rings. The Bertz CT molecular complexity index is 1630. The smallest absolute Gasteiger partial charge is 0.264 e. The van der Waals surface area contributed by atoms with Crippen LogP contribution in [0.2, 0.25) is 5.02 Å². The molecule has 0 spiro atoms. The number of benzene rings is 4. The third kappa shape index (κ3) is 8.71. The third-order valence-electron chi connectivity index (χ3n) is 7.27. The van der Waals surface area contributed by atoms with Crippen molar-refractivity contribution in [2.75, 3.05) is 17.4 Å². The topological polar surface area (TPSA) is 86.8 Å². The van der Waals surface area contributed by atoms with Crippen LogP contribution in [0, 0.1) is 6.92 Å². The van der Waals surface area contributed by atoms with Gasteiger partial charge in [-0.15, -0.1) is 0 Å². The van der Waals surface area contributed by atoms with Gasteiger partial charge in [0.15, 0.2) is 0 Å². The van der Waals surface area contributed by atoms with Gasteiger partial charge in [-0.25, -0.2) is 8.42 Å². The highest BCUT2D eigenvalue weighted by Gasteiger charge is 2.34. The molecule has 2 amide bonds. The van der Waals surface area contributed by atoms with E-state index in [-0.39, 0.29) is 23.8 Å². The van der Waals surface area contributed by atoms with Gasteiger partial charge in [0.2, 0.25) is 11.8 Å². The molecule has 0 heterocycles. The zero-order valence-electron chi connectivity index (χ0n) is 25.0. The van der Waals surface area contributed by atoms with E-state index in [0.717, 1.165) is 33.8 Å². The van der Waals surface area contributed by atoms with Crippen LogP contribution in [0.3, 0.4) is 0 Å². The molecule has 0 aromatic heterocycles. The maximum absolute atomic E-state index is 14.4. The molecule has 0 bridgehead atoms. The molecule has 0 unspecified atom stereocenters. The van der Waals surface area contributed by atoms with Crippen LogP contribution in [0.4, 0.5) is 5.69 Å². The lowest BCUT2D eigenvalue weighted by Crippen LogP contribution is -2.53. The second-order valence-electron chi connectivity index (χ2n) is 10.7. The summed E-state index contributed by atoms with van der Waals surface area (Å²) in [6, 6.07) is 30.7. The molecule has 0 aliphatic heterocycles. The lowest BCUT2D eigenvalue weighted by Gasteiger charge is -2.34. The molecule has 9 heteroatoms. The van der Waals surface area contributed by atoms with Crippen LogP contribution in [0.5, 0.6) is 0 Å². The second kappa shape index (κ2) is 15.5. The lowest BCUT2D eigenvalue weighted by atomic mass is 10.0. The minimum Gasteiger partial charge on any atom is -0.354 e. The van der Waals surface area contributed by atoms with E-state index in [9.17, 15) is 18.0 Å². The first kappa shape index (κ1) is 32.8. The molecule has 1 atom stereocenters. The molecule has 4 aromatic rings. The molecule has 0 radical (unpaired) electrons. The van der Waals surface area contributed by atoms with E-state index < -0.39 is 28.5 Å². The van der Waals surface area contributed by atoms with Crippen molar-refractivity contribution in [1.29, 1.82) is 0 Å². The van der Waals surface area contributed by atoms with Gasteiger partial charge < -0.3 is 10.2 Å². The summed E-state index contributed by atoms with van der Waals surface area (Å²) in [6.07, 6.45) is 1.95. The van der Waals surface area contributed by atoms with Crippen LogP contribution in [-0.2, 0) is 32.6 Å². The lowest BCUT2D eigenvalue weighted by molar-refractivity contribution is -0.140. The number of halogens is 1. The molecule has 7 nitrogen and oxygen atoms in total. The molecular weight excluding hydrogens is 594 g/mol. The summed E-state index contributed by atoms with van der Waals surface area (Å²) in [5.41, 5.74) is 2.89. The second-order valence-corrected chi connectivity index (χ2v) is 13.0. The summed E-state index contributed by atoms with van der Waals surface area (Å²) in [5.74, 6) is -0.817. The Morgan fingerprint density at radius 3 is 2.11 bits per heavy atom. The Morgan fingerprint density at radius 1 is 0.841 bits per heavy atom. The zero-order chi connectivity index (χ0) is 31.5. The number of hydrogen-bond donors (Lipinski definition) is 1. The van der Waals surface area contributed by atoms with Crippen molar-refractivity contribution < 1.29 is 18.0 Å². The van der Waals surface area contributed by atoms with E-state index >= 15 is 0 Å². The number of nitrogens with zero attached hydrogens (tertiary/aromatic N) is 2. The SMILES string of the molecule is CCCCNC(=O)[C@H](Cc1ccccc1)N(Cc1cccc(Cl)c1)C(=O)CN(c1ccc(C)cc1)S(=O)(=O)c1ccccc1. The zero-order valence-corrected chi connectivity index (χ0v) is 26.6. The van der Waals surface area contributed by atoms with Gasteiger partial charge in [0.25, 0.3) is 10.0 Å². The summed E-state index contributed by atoms with van der Waals surface area (Å²) in [5, 5.41) is 3.49. The molecule has 44 heavy (non-hydrogen) atoms. The molecule has 230 valence electrons. The number of unbranched alkanes of at least 4 members (excludes halogenated alkanes) is 1. The van der Waals surface area contributed by atoms with Crippen LogP contribution in [0.15, 0.2) is 114 Å². The normalized spacial score (nSPS) is 11.9. The fourth-order valence-corrected chi connectivity index (χ4v) is 6.50. The van der Waals surface area contributed by atoms with Crippen molar-refractivity contribution in [3.8, 4) is 0 Å². The largest absolute Gasteiger partial charge is 0.354 e. The van der Waals surface area contributed by atoms with E-state index in [4.69, 9.17) is 11.6 Å². The van der Waals surface area contributed by atoms with Gasteiger partial charge in [0, 0.05) is 24.5 Å². The number of amides is 2. The Morgan fingerprint density at radius 2 is 1.48 bits per heavy atom. The molecule has 0 aliphatic carbocycles. The predicted molar refractivity (Wildman–Crippen MR) is 176 cm³/mol. The van der Waals surface area contributed by atoms with Crippen LogP contribution < -0.4 is 9.62 Å². The first-order valence-electron chi connectivity index (χ1n) is 14.7. The highest BCUT2D eigenvalue weighted by molar-refractivity contribution is 7.92. The quantitative estimate of drug-likeness (QED) is 0.163. The van der Waals surface area contributed by atoms with Crippen LogP contribution in [-0.4, -0.2) is 44.3 Å². The highest BCUT2D eigenvalue weighted by Crippen LogP contribution is 2.25. The average molecular weight is 632 g/mol. The number of hydrogen-bond acceptors (Lipinski definition) is 4. The van der Waals surface area contributed by atoms with Gasteiger partial charge in [-0.2, -0.15) is 0 Å². The number of carbonyl (C=O) groups excluding carboxylic acids is 2. The minimum atomic E-state index is -4.13. The number of anilines is 1. The van der Waals surface area contributed by atoms with E-state index in [1.54, 1.807) is 60.7 Å². The number of aryl methyl sites for hydroxylation is 1. The van der Waals surface area contributed by atoms with Crippen molar-refractivity contribution in [1.82, 2.24) is 10.2 Å². The molecule has 0 aliphatic rings. The fourth-order valence-electron chi connectivity index (χ4n) is 4.85. The number of rotatable bonds is 14. The summed E-state index contributed by atoms with van der Waals surface area (Å²) >= 11 is 6.30. The Labute approximate surface area is 265 Å². The van der Waals surface area contributed by atoms with Gasteiger partial charge in [-0.05, 0) is 60.9 Å². The molecular formula is C35H38ClN3O4S. The minimum absolute atomic E-state index is 0.0607. The molecule has 0 saturated heterocycles. The monoisotopic (exact) mass is 631 g/mol. The number of nitrogens with one attached hydrogen (secondary N) is 1. The van der Waals surface area contributed by atoms with E-state index in [2.05, 4.69) is 5.32 Å². The van der Waals surface area contributed by atoms with E-state index in [1.807, 2.05) is 50.2 Å². The maximum Gasteiger partial charge on any atom is 0.264 e. The van der Waals surface area contributed by atoms with E-state index in [0.29, 0.717) is 17.3 Å². The third-order valence-corrected chi connectivity index (χ3v) is 9.30. The van der Waals surface area contributed by atoms with Crippen molar-refractivity contribution >= 4 is 39.1 Å². The van der Waals surface area contributed by atoms with Gasteiger partial charge in [-0.3, -0.25) is 13.9 Å². The molecule has 1 N–H and O–H groups in total. The summed E-state index contributed by atoms with van der Waals surface area (Å²) < 4.78 is 29.1. The first-order valence-corrected chi connectivity index (χ1v) is 16.5. The van der Waals surface area contributed by atoms with Crippen molar-refractivity contribution in [2.45, 2.75) is 50.6 Å². The average Bonchev–Trinajstić information content (AvgIpc) is 3.03. The fraction of sp³-hybridized carbons (Fsp3) is 0.257. The molecule has 0 saturated carbocycles. The molecule has 4 rings (SSSR count). The van der Waals surface area contributed by atoms with Gasteiger partial charge in [0.05, 0.1) is 10.6 Å². The Kier molecular flexibility index (Phi) is 11.6. The standard InChI is InChI=1S/C35H38ClN3O4S/c1-3-4-22-37-35(41)33(24-28-12-7-5-8-13-28)38(25-29-14-11-15-30(36)23-29)34(40)26-39(31-20-18-27(2)19-21-31)44(42,43)32-16-9-6-10-17-32/h5-21,23,33H,3-4,22,24-26H2,1-2H3,(H,37,41)/t33-/m0/s1. The number of carbonyl (C=O) groups is 2. The van der Waals surface area contributed by atoms with Crippen LogP contribution in [0.25, 0.3) is 0 Å². The first-order chi connectivity index (χ1) is 21.2. The summed E-state index contributed by atoms with van der Waals surface area (Å²) in [6.45, 7) is 3.97. The van der Waals surface area contributed by atoms with Crippen molar-refractivity contribution in [3.05, 3.63) is 131 Å². The van der Waals surface area contributed by atoms with Crippen molar-refractivity contribution in [2.24, 2.45) is 0 Å². The summed E-state index contributed by atoms with van der Waals surface area (Å²) in [4.78, 5) is 29.7. The maximum atomic E-state index is 14.4. The van der Waals surface area contributed by atoms with Gasteiger partial charge in [0.1, 0.15) is 12.6 Å². The van der Waals surface area contributed by atoms with E-state index in [1.165, 1.54) is 17.0 Å². The highest BCUT2D eigenvalue weighted by atomic mass is 35.5. The van der Waals surface area contributed by atoms with Gasteiger partial charge in [-0.1, -0.05) is 103 Å². The predicted octanol–water partition coefficient (Wildman–Crippen LogP) is 6.40. The Hall–Kier alpha value is -4.14.